The molecule has 1 aromatic rings. The molecule has 0 saturated heterocycles. The second-order valence-electron chi connectivity index (χ2n) is 5.27. The van der Waals surface area contributed by atoms with Gasteiger partial charge in [-0.3, -0.25) is 4.79 Å². The molecule has 0 aliphatic heterocycles. The van der Waals surface area contributed by atoms with E-state index >= 15 is 0 Å². The van der Waals surface area contributed by atoms with Gasteiger partial charge in [0.15, 0.2) is 0 Å². The van der Waals surface area contributed by atoms with Crippen LogP contribution in [0.15, 0.2) is 24.3 Å². The zero-order valence-corrected chi connectivity index (χ0v) is 11.9. The Morgan fingerprint density at radius 2 is 2.16 bits per heavy atom. The lowest BCUT2D eigenvalue weighted by Gasteiger charge is -2.20. The monoisotopic (exact) mass is 281 g/mol. The fourth-order valence-corrected chi connectivity index (χ4v) is 2.38. The SMILES string of the molecule is CN(CC(O)C1CC1)C(=O)CCc1ccccc1Cl. The predicted octanol–water partition coefficient (Wildman–Crippen LogP) is 2.50. The summed E-state index contributed by atoms with van der Waals surface area (Å²) in [6, 6.07) is 7.58. The van der Waals surface area contributed by atoms with Gasteiger partial charge in [-0.05, 0) is 36.8 Å². The molecule has 1 aliphatic carbocycles. The number of hydrogen-bond acceptors (Lipinski definition) is 2. The Balaban J connectivity index is 1.78. The molecule has 0 radical (unpaired) electrons. The summed E-state index contributed by atoms with van der Waals surface area (Å²) in [6.07, 6.45) is 2.88. The molecule has 104 valence electrons. The highest BCUT2D eigenvalue weighted by Gasteiger charge is 2.30. The van der Waals surface area contributed by atoms with Crippen molar-refractivity contribution in [2.24, 2.45) is 5.92 Å². The maximum atomic E-state index is 12.0. The number of carbonyl (C=O) groups excluding carboxylic acids is 1. The number of hydrogen-bond donors (Lipinski definition) is 1. The third kappa shape index (κ3) is 4.22. The minimum Gasteiger partial charge on any atom is -0.391 e. The molecule has 4 heteroatoms. The van der Waals surface area contributed by atoms with Crippen molar-refractivity contribution in [1.29, 1.82) is 0 Å². The van der Waals surface area contributed by atoms with Crippen LogP contribution >= 0.6 is 11.6 Å². The normalized spacial score (nSPS) is 16.2. The summed E-state index contributed by atoms with van der Waals surface area (Å²) in [5.74, 6) is 0.457. The second kappa shape index (κ2) is 6.40. The van der Waals surface area contributed by atoms with Gasteiger partial charge in [-0.1, -0.05) is 29.8 Å². The van der Waals surface area contributed by atoms with Crippen molar-refractivity contribution in [3.05, 3.63) is 34.9 Å². The molecule has 0 heterocycles. The number of aliphatic hydroxyl groups is 1. The van der Waals surface area contributed by atoms with Crippen molar-refractivity contribution >= 4 is 17.5 Å². The molecule has 1 aliphatic rings. The van der Waals surface area contributed by atoms with E-state index < -0.39 is 0 Å². The number of aryl methyl sites for hydroxylation is 1. The Kier molecular flexibility index (Phi) is 4.83. The number of rotatable bonds is 6. The average Bonchev–Trinajstić information content (AvgIpc) is 3.21. The highest BCUT2D eigenvalue weighted by Crippen LogP contribution is 2.32. The van der Waals surface area contributed by atoms with Crippen LogP contribution in [0.4, 0.5) is 0 Å². The van der Waals surface area contributed by atoms with Gasteiger partial charge in [-0.25, -0.2) is 0 Å². The zero-order valence-electron chi connectivity index (χ0n) is 11.2. The van der Waals surface area contributed by atoms with E-state index in [0.29, 0.717) is 30.3 Å². The van der Waals surface area contributed by atoms with Gasteiger partial charge in [-0.15, -0.1) is 0 Å². The smallest absolute Gasteiger partial charge is 0.222 e. The molecule has 0 aromatic heterocycles. The molecule has 0 bridgehead atoms. The third-order valence-corrected chi connectivity index (χ3v) is 3.99. The highest BCUT2D eigenvalue weighted by atomic mass is 35.5. The summed E-state index contributed by atoms with van der Waals surface area (Å²) in [4.78, 5) is 13.6. The van der Waals surface area contributed by atoms with Gasteiger partial charge >= 0.3 is 0 Å². The lowest BCUT2D eigenvalue weighted by molar-refractivity contribution is -0.131. The van der Waals surface area contributed by atoms with Gasteiger partial charge in [-0.2, -0.15) is 0 Å². The van der Waals surface area contributed by atoms with Crippen LogP contribution in [0, 0.1) is 5.92 Å². The van der Waals surface area contributed by atoms with E-state index in [4.69, 9.17) is 11.6 Å². The molecule has 1 atom stereocenters. The topological polar surface area (TPSA) is 40.5 Å². The first kappa shape index (κ1) is 14.4. The van der Waals surface area contributed by atoms with Crippen molar-refractivity contribution < 1.29 is 9.90 Å². The van der Waals surface area contributed by atoms with Crippen LogP contribution in [0.5, 0.6) is 0 Å². The van der Waals surface area contributed by atoms with Gasteiger partial charge in [0.05, 0.1) is 6.10 Å². The van der Waals surface area contributed by atoms with E-state index in [1.807, 2.05) is 24.3 Å². The molecule has 3 nitrogen and oxygen atoms in total. The lowest BCUT2D eigenvalue weighted by atomic mass is 10.1. The molecule has 0 spiro atoms. The first-order chi connectivity index (χ1) is 9.08. The summed E-state index contributed by atoms with van der Waals surface area (Å²) in [7, 11) is 1.75. The molecule has 2 rings (SSSR count). The van der Waals surface area contributed by atoms with E-state index in [1.165, 1.54) is 0 Å². The number of halogens is 1. The Labute approximate surface area is 119 Å². The summed E-state index contributed by atoms with van der Waals surface area (Å²) in [6.45, 7) is 0.437. The number of likely N-dealkylation sites (N-methyl/N-ethyl adjacent to an activating group) is 1. The lowest BCUT2D eigenvalue weighted by Crippen LogP contribution is -2.35. The Morgan fingerprint density at radius 3 is 2.79 bits per heavy atom. The van der Waals surface area contributed by atoms with Crippen LogP contribution < -0.4 is 0 Å². The van der Waals surface area contributed by atoms with Gasteiger partial charge in [0, 0.05) is 25.0 Å². The number of benzene rings is 1. The van der Waals surface area contributed by atoms with Crippen molar-refractivity contribution in [2.45, 2.75) is 31.8 Å². The number of aliphatic hydroxyl groups excluding tert-OH is 1. The van der Waals surface area contributed by atoms with Gasteiger partial charge in [0.25, 0.3) is 0 Å². The Bertz CT molecular complexity index is 446. The largest absolute Gasteiger partial charge is 0.391 e. The zero-order chi connectivity index (χ0) is 13.8. The van der Waals surface area contributed by atoms with E-state index in [0.717, 1.165) is 18.4 Å². The molecule has 19 heavy (non-hydrogen) atoms. The van der Waals surface area contributed by atoms with Crippen molar-refractivity contribution in [3.63, 3.8) is 0 Å². The van der Waals surface area contributed by atoms with Gasteiger partial charge < -0.3 is 10.0 Å². The van der Waals surface area contributed by atoms with Gasteiger partial charge in [0.1, 0.15) is 0 Å². The predicted molar refractivity (Wildman–Crippen MR) is 76.1 cm³/mol. The van der Waals surface area contributed by atoms with E-state index in [1.54, 1.807) is 11.9 Å². The number of amides is 1. The van der Waals surface area contributed by atoms with E-state index in [9.17, 15) is 9.90 Å². The molecular weight excluding hydrogens is 262 g/mol. The number of nitrogens with zero attached hydrogens (tertiary/aromatic N) is 1. The van der Waals surface area contributed by atoms with Gasteiger partial charge in [0.2, 0.25) is 5.91 Å². The fraction of sp³-hybridized carbons (Fsp3) is 0.533. The summed E-state index contributed by atoms with van der Waals surface area (Å²) in [5, 5.41) is 10.5. The number of carbonyl (C=O) groups is 1. The van der Waals surface area contributed by atoms with Crippen LogP contribution in [0.25, 0.3) is 0 Å². The van der Waals surface area contributed by atoms with E-state index in [-0.39, 0.29) is 12.0 Å². The first-order valence-electron chi connectivity index (χ1n) is 6.73. The minimum absolute atomic E-state index is 0.0552. The highest BCUT2D eigenvalue weighted by molar-refractivity contribution is 6.31. The summed E-state index contributed by atoms with van der Waals surface area (Å²) >= 11 is 6.06. The van der Waals surface area contributed by atoms with Crippen LogP contribution in [0.3, 0.4) is 0 Å². The molecule has 1 unspecified atom stereocenters. The summed E-state index contributed by atoms with van der Waals surface area (Å²) < 4.78 is 0. The van der Waals surface area contributed by atoms with Crippen molar-refractivity contribution in [2.75, 3.05) is 13.6 Å². The Hall–Kier alpha value is -1.06. The maximum Gasteiger partial charge on any atom is 0.222 e. The average molecular weight is 282 g/mol. The van der Waals surface area contributed by atoms with E-state index in [2.05, 4.69) is 0 Å². The van der Waals surface area contributed by atoms with Crippen LogP contribution in [0.1, 0.15) is 24.8 Å². The standard InChI is InChI=1S/C15H20ClNO2/c1-17(10-14(18)12-6-7-12)15(19)9-8-11-4-2-3-5-13(11)16/h2-5,12,14,18H,6-10H2,1H3. The first-order valence-corrected chi connectivity index (χ1v) is 7.11. The maximum absolute atomic E-state index is 12.0. The van der Waals surface area contributed by atoms with Crippen LogP contribution in [-0.4, -0.2) is 35.6 Å². The molecule has 1 fully saturated rings. The molecule has 1 amide bonds. The van der Waals surface area contributed by atoms with Crippen molar-refractivity contribution in [3.8, 4) is 0 Å². The third-order valence-electron chi connectivity index (χ3n) is 3.62. The van der Waals surface area contributed by atoms with Crippen LogP contribution in [0.2, 0.25) is 5.02 Å². The minimum atomic E-state index is -0.366. The molecule has 1 aromatic carbocycles. The van der Waals surface area contributed by atoms with Crippen molar-refractivity contribution in [1.82, 2.24) is 4.90 Å². The summed E-state index contributed by atoms with van der Waals surface area (Å²) in [5.41, 5.74) is 0.994. The second-order valence-corrected chi connectivity index (χ2v) is 5.68. The quantitative estimate of drug-likeness (QED) is 0.870. The molecule has 1 N–H and O–H groups in total. The Morgan fingerprint density at radius 1 is 1.47 bits per heavy atom. The van der Waals surface area contributed by atoms with Crippen LogP contribution in [-0.2, 0) is 11.2 Å². The molecule has 1 saturated carbocycles. The fourth-order valence-electron chi connectivity index (χ4n) is 2.15. The molecular formula is C15H20ClNO2.